The minimum atomic E-state index is -0.0685. The molecule has 2 saturated heterocycles. The second kappa shape index (κ2) is 7.76. The molecule has 0 unspecified atom stereocenters. The lowest BCUT2D eigenvalue weighted by Gasteiger charge is -2.18. The number of benzene rings is 1. The lowest BCUT2D eigenvalue weighted by atomic mass is 10.1. The van der Waals surface area contributed by atoms with E-state index in [0.717, 1.165) is 36.3 Å². The van der Waals surface area contributed by atoms with E-state index in [2.05, 4.69) is 0 Å². The Kier molecular flexibility index (Phi) is 5.66. The first-order valence-corrected chi connectivity index (χ1v) is 9.36. The molecule has 0 bridgehead atoms. The van der Waals surface area contributed by atoms with Gasteiger partial charge in [-0.15, -0.1) is 0 Å². The van der Waals surface area contributed by atoms with Gasteiger partial charge in [0.15, 0.2) is 0 Å². The SMILES string of the molecule is COc1ccc(/C=C2\SC(=S)N(C[C@@H]3CCCO3)C2=O)c(OC)c1C. The number of carbonyl (C=O) groups excluding carboxylic acids is 1. The van der Waals surface area contributed by atoms with Crippen molar-refractivity contribution in [3.63, 3.8) is 0 Å². The highest BCUT2D eigenvalue weighted by molar-refractivity contribution is 8.26. The van der Waals surface area contributed by atoms with E-state index in [9.17, 15) is 4.79 Å². The molecule has 0 aliphatic carbocycles. The predicted octanol–water partition coefficient (Wildman–Crippen LogP) is 3.39. The molecular formula is C18H21NO4S2. The van der Waals surface area contributed by atoms with Gasteiger partial charge in [-0.05, 0) is 38.0 Å². The van der Waals surface area contributed by atoms with Crippen LogP contribution in [0.15, 0.2) is 17.0 Å². The van der Waals surface area contributed by atoms with Crippen LogP contribution in [0.25, 0.3) is 6.08 Å². The highest BCUT2D eigenvalue weighted by atomic mass is 32.2. The molecule has 0 saturated carbocycles. The summed E-state index contributed by atoms with van der Waals surface area (Å²) in [4.78, 5) is 15.0. The molecule has 1 amide bonds. The minimum Gasteiger partial charge on any atom is -0.496 e. The van der Waals surface area contributed by atoms with Gasteiger partial charge in [0, 0.05) is 17.7 Å². The Balaban J connectivity index is 1.85. The Morgan fingerprint density at radius 2 is 2.20 bits per heavy atom. The summed E-state index contributed by atoms with van der Waals surface area (Å²) in [5.41, 5.74) is 1.73. The maximum Gasteiger partial charge on any atom is 0.266 e. The molecule has 134 valence electrons. The molecule has 25 heavy (non-hydrogen) atoms. The summed E-state index contributed by atoms with van der Waals surface area (Å²) in [6.07, 6.45) is 3.93. The highest BCUT2D eigenvalue weighted by Gasteiger charge is 2.34. The van der Waals surface area contributed by atoms with E-state index >= 15 is 0 Å². The van der Waals surface area contributed by atoms with Crippen molar-refractivity contribution in [1.82, 2.24) is 4.90 Å². The van der Waals surface area contributed by atoms with E-state index in [1.807, 2.05) is 25.1 Å². The van der Waals surface area contributed by atoms with Gasteiger partial charge in [-0.3, -0.25) is 9.69 Å². The summed E-state index contributed by atoms with van der Waals surface area (Å²) in [5.74, 6) is 1.38. The lowest BCUT2D eigenvalue weighted by Crippen LogP contribution is -2.35. The van der Waals surface area contributed by atoms with Gasteiger partial charge in [0.2, 0.25) is 0 Å². The number of methoxy groups -OCH3 is 2. The van der Waals surface area contributed by atoms with Crippen LogP contribution in [0.5, 0.6) is 11.5 Å². The third-order valence-corrected chi connectivity index (χ3v) is 5.76. The highest BCUT2D eigenvalue weighted by Crippen LogP contribution is 2.37. The fourth-order valence-electron chi connectivity index (χ4n) is 3.09. The number of amides is 1. The average molecular weight is 380 g/mol. The maximum absolute atomic E-state index is 12.7. The van der Waals surface area contributed by atoms with Crippen molar-refractivity contribution >= 4 is 40.3 Å². The average Bonchev–Trinajstić information content (AvgIpc) is 3.20. The van der Waals surface area contributed by atoms with Gasteiger partial charge in [0.1, 0.15) is 15.8 Å². The zero-order valence-corrected chi connectivity index (χ0v) is 16.2. The Morgan fingerprint density at radius 1 is 1.40 bits per heavy atom. The van der Waals surface area contributed by atoms with Crippen LogP contribution in [-0.4, -0.2) is 48.6 Å². The summed E-state index contributed by atoms with van der Waals surface area (Å²) < 4.78 is 17.0. The van der Waals surface area contributed by atoms with Crippen molar-refractivity contribution in [3.8, 4) is 11.5 Å². The zero-order chi connectivity index (χ0) is 18.0. The Morgan fingerprint density at radius 3 is 2.84 bits per heavy atom. The molecule has 1 aromatic carbocycles. The minimum absolute atomic E-state index is 0.0685. The number of nitrogens with zero attached hydrogens (tertiary/aromatic N) is 1. The molecule has 0 N–H and O–H groups in total. The number of hydrogen-bond acceptors (Lipinski definition) is 6. The van der Waals surface area contributed by atoms with E-state index in [1.54, 1.807) is 19.1 Å². The summed E-state index contributed by atoms with van der Waals surface area (Å²) in [6, 6.07) is 3.76. The topological polar surface area (TPSA) is 48.0 Å². The molecule has 2 heterocycles. The van der Waals surface area contributed by atoms with Crippen LogP contribution in [0.3, 0.4) is 0 Å². The van der Waals surface area contributed by atoms with Crippen LogP contribution >= 0.6 is 24.0 Å². The smallest absolute Gasteiger partial charge is 0.266 e. The van der Waals surface area contributed by atoms with E-state index in [-0.39, 0.29) is 12.0 Å². The van der Waals surface area contributed by atoms with Crippen molar-refractivity contribution < 1.29 is 19.0 Å². The normalized spacial score (nSPS) is 22.1. The Bertz CT molecular complexity index is 726. The Labute approximate surface area is 157 Å². The third kappa shape index (κ3) is 3.68. The Hall–Kier alpha value is -1.57. The van der Waals surface area contributed by atoms with Gasteiger partial charge in [0.05, 0.1) is 31.8 Å². The second-order valence-corrected chi connectivity index (χ2v) is 7.62. The number of hydrogen-bond donors (Lipinski definition) is 0. The van der Waals surface area contributed by atoms with E-state index in [0.29, 0.717) is 21.5 Å². The van der Waals surface area contributed by atoms with E-state index in [4.69, 9.17) is 26.4 Å². The monoisotopic (exact) mass is 379 g/mol. The first-order valence-electron chi connectivity index (χ1n) is 8.13. The van der Waals surface area contributed by atoms with Crippen molar-refractivity contribution in [1.29, 1.82) is 0 Å². The zero-order valence-electron chi connectivity index (χ0n) is 14.5. The van der Waals surface area contributed by atoms with Crippen LogP contribution in [-0.2, 0) is 9.53 Å². The molecule has 0 aromatic heterocycles. The molecule has 5 nitrogen and oxygen atoms in total. The number of ether oxygens (including phenoxy) is 3. The number of thiocarbonyl (C=S) groups is 1. The van der Waals surface area contributed by atoms with Crippen molar-refractivity contribution in [2.45, 2.75) is 25.9 Å². The first kappa shape index (κ1) is 18.2. The molecule has 1 aromatic rings. The molecule has 2 aliphatic rings. The van der Waals surface area contributed by atoms with Gasteiger partial charge in [-0.1, -0.05) is 24.0 Å². The molecule has 0 spiro atoms. The fraction of sp³-hybridized carbons (Fsp3) is 0.444. The van der Waals surface area contributed by atoms with Gasteiger partial charge in [-0.2, -0.15) is 0 Å². The number of carbonyl (C=O) groups is 1. The summed E-state index contributed by atoms with van der Waals surface area (Å²) in [5, 5.41) is 0. The quantitative estimate of drug-likeness (QED) is 0.577. The lowest BCUT2D eigenvalue weighted by molar-refractivity contribution is -0.123. The number of thioether (sulfide) groups is 1. The summed E-state index contributed by atoms with van der Waals surface area (Å²) >= 11 is 6.71. The van der Waals surface area contributed by atoms with Crippen LogP contribution in [0.2, 0.25) is 0 Å². The number of rotatable bonds is 5. The fourth-order valence-corrected chi connectivity index (χ4v) is 4.36. The standard InChI is InChI=1S/C18H21NO4S2/c1-11-14(21-2)7-6-12(16(11)22-3)9-15-17(20)19(18(24)25-15)10-13-5-4-8-23-13/h6-7,9,13H,4-5,8,10H2,1-3H3/b15-9-/t13-/m0/s1. The second-order valence-electron chi connectivity index (χ2n) is 5.94. The van der Waals surface area contributed by atoms with Gasteiger partial charge >= 0.3 is 0 Å². The molecular weight excluding hydrogens is 358 g/mol. The van der Waals surface area contributed by atoms with Crippen LogP contribution in [0, 0.1) is 6.92 Å². The summed E-state index contributed by atoms with van der Waals surface area (Å²) in [7, 11) is 3.24. The van der Waals surface area contributed by atoms with Crippen molar-refractivity contribution in [2.75, 3.05) is 27.4 Å². The third-order valence-electron chi connectivity index (χ3n) is 4.38. The van der Waals surface area contributed by atoms with Crippen LogP contribution in [0.1, 0.15) is 24.0 Å². The summed E-state index contributed by atoms with van der Waals surface area (Å²) in [6.45, 7) is 3.22. The maximum atomic E-state index is 12.7. The predicted molar refractivity (Wildman–Crippen MR) is 103 cm³/mol. The van der Waals surface area contributed by atoms with Gasteiger partial charge in [0.25, 0.3) is 5.91 Å². The molecule has 1 atom stereocenters. The van der Waals surface area contributed by atoms with Gasteiger partial charge in [-0.25, -0.2) is 0 Å². The molecule has 3 rings (SSSR count). The van der Waals surface area contributed by atoms with Gasteiger partial charge < -0.3 is 14.2 Å². The largest absolute Gasteiger partial charge is 0.496 e. The molecule has 2 aliphatic heterocycles. The first-order chi connectivity index (χ1) is 12.0. The van der Waals surface area contributed by atoms with E-state index < -0.39 is 0 Å². The molecule has 2 fully saturated rings. The molecule has 0 radical (unpaired) electrons. The van der Waals surface area contributed by atoms with E-state index in [1.165, 1.54) is 11.8 Å². The van der Waals surface area contributed by atoms with Crippen molar-refractivity contribution in [2.24, 2.45) is 0 Å². The van der Waals surface area contributed by atoms with Crippen LogP contribution < -0.4 is 9.47 Å². The van der Waals surface area contributed by atoms with Crippen LogP contribution in [0.4, 0.5) is 0 Å². The van der Waals surface area contributed by atoms with Crippen molar-refractivity contribution in [3.05, 3.63) is 28.2 Å². The molecule has 7 heteroatoms.